The lowest BCUT2D eigenvalue weighted by Crippen LogP contribution is -2.18. The van der Waals surface area contributed by atoms with Gasteiger partial charge >= 0.3 is 0 Å². The van der Waals surface area contributed by atoms with Crippen LogP contribution in [-0.2, 0) is 13.0 Å². The third kappa shape index (κ3) is 3.91. The van der Waals surface area contributed by atoms with Crippen molar-refractivity contribution in [1.82, 2.24) is 10.3 Å². The van der Waals surface area contributed by atoms with Crippen LogP contribution in [0.2, 0.25) is 0 Å². The summed E-state index contributed by atoms with van der Waals surface area (Å²) in [6.07, 6.45) is 2.66. The van der Waals surface area contributed by atoms with E-state index in [1.54, 1.807) is 6.20 Å². The van der Waals surface area contributed by atoms with Gasteiger partial charge in [0.25, 0.3) is 0 Å². The van der Waals surface area contributed by atoms with Crippen LogP contribution in [0.3, 0.4) is 0 Å². The second kappa shape index (κ2) is 6.68. The molecular weight excluding hydrogens is 372 g/mol. The fraction of sp³-hybridized carbons (Fsp3) is 0.357. The molecule has 0 fully saturated rings. The quantitative estimate of drug-likeness (QED) is 0.813. The highest BCUT2D eigenvalue weighted by atomic mass is 79.9. The van der Waals surface area contributed by atoms with Crippen molar-refractivity contribution in [3.63, 3.8) is 0 Å². The Balaban J connectivity index is 1.98. The maximum absolute atomic E-state index is 5.58. The first-order chi connectivity index (χ1) is 9.10. The van der Waals surface area contributed by atoms with Gasteiger partial charge in [-0.3, -0.25) is 0 Å². The first kappa shape index (κ1) is 14.8. The van der Waals surface area contributed by atoms with Crippen LogP contribution >= 0.6 is 31.9 Å². The van der Waals surface area contributed by atoms with Crippen LogP contribution in [0.4, 0.5) is 0 Å². The molecule has 0 aliphatic carbocycles. The van der Waals surface area contributed by atoms with Crippen molar-refractivity contribution in [2.75, 3.05) is 0 Å². The second-order valence-electron chi connectivity index (χ2n) is 4.34. The molecule has 2 rings (SSSR count). The maximum Gasteiger partial charge on any atom is 0.208 e. The predicted octanol–water partition coefficient (Wildman–Crippen LogP) is 4.61. The molecule has 0 amide bonds. The number of rotatable bonds is 5. The van der Waals surface area contributed by atoms with Crippen LogP contribution in [0.1, 0.15) is 37.1 Å². The largest absolute Gasteiger partial charge is 0.444 e. The van der Waals surface area contributed by atoms with E-state index in [1.165, 1.54) is 5.56 Å². The van der Waals surface area contributed by atoms with E-state index < -0.39 is 0 Å². The molecule has 1 aromatic heterocycles. The number of oxazole rings is 1. The molecule has 19 heavy (non-hydrogen) atoms. The van der Waals surface area contributed by atoms with Gasteiger partial charge in [-0.05, 0) is 24.6 Å². The summed E-state index contributed by atoms with van der Waals surface area (Å²) in [5.41, 5.74) is 1.21. The van der Waals surface area contributed by atoms with Crippen molar-refractivity contribution in [2.45, 2.75) is 32.9 Å². The standard InChI is InChI=1S/C14H16Br2N2O/c1-3-11-7-18-14(19-11)8-17-9(2)12-5-4-10(15)6-13(12)16/h4-7,9,17H,3,8H2,1-2H3. The lowest BCUT2D eigenvalue weighted by Gasteiger charge is -2.15. The first-order valence-electron chi connectivity index (χ1n) is 6.22. The Morgan fingerprint density at radius 1 is 1.37 bits per heavy atom. The van der Waals surface area contributed by atoms with E-state index in [-0.39, 0.29) is 6.04 Å². The van der Waals surface area contributed by atoms with E-state index >= 15 is 0 Å². The summed E-state index contributed by atoms with van der Waals surface area (Å²) < 4.78 is 7.73. The number of halogens is 2. The lowest BCUT2D eigenvalue weighted by atomic mass is 10.1. The molecule has 0 spiro atoms. The van der Waals surface area contributed by atoms with Gasteiger partial charge in [0.2, 0.25) is 5.89 Å². The summed E-state index contributed by atoms with van der Waals surface area (Å²) in [5.74, 6) is 1.66. The third-order valence-electron chi connectivity index (χ3n) is 2.94. The normalized spacial score (nSPS) is 12.6. The van der Waals surface area contributed by atoms with Gasteiger partial charge in [-0.1, -0.05) is 44.8 Å². The molecule has 0 aliphatic rings. The fourth-order valence-corrected chi connectivity index (χ4v) is 3.19. The molecule has 3 nitrogen and oxygen atoms in total. The van der Waals surface area contributed by atoms with Crippen molar-refractivity contribution in [3.05, 3.63) is 50.6 Å². The number of hydrogen-bond donors (Lipinski definition) is 1. The van der Waals surface area contributed by atoms with Crippen molar-refractivity contribution in [3.8, 4) is 0 Å². The van der Waals surface area contributed by atoms with Gasteiger partial charge in [0.15, 0.2) is 0 Å². The second-order valence-corrected chi connectivity index (χ2v) is 6.11. The summed E-state index contributed by atoms with van der Waals surface area (Å²) in [6.45, 7) is 4.81. The number of nitrogens with zero attached hydrogens (tertiary/aromatic N) is 1. The molecule has 0 bridgehead atoms. The monoisotopic (exact) mass is 386 g/mol. The maximum atomic E-state index is 5.58. The van der Waals surface area contributed by atoms with Gasteiger partial charge in [0.05, 0.1) is 12.7 Å². The Bertz CT molecular complexity index is 554. The Kier molecular flexibility index (Phi) is 5.19. The molecular formula is C14H16Br2N2O. The molecule has 102 valence electrons. The zero-order valence-corrected chi connectivity index (χ0v) is 14.1. The van der Waals surface area contributed by atoms with E-state index in [0.717, 1.165) is 27.0 Å². The molecule has 5 heteroatoms. The number of aromatic nitrogens is 1. The average Bonchev–Trinajstić information content (AvgIpc) is 2.84. The molecule has 1 unspecified atom stereocenters. The van der Waals surface area contributed by atoms with Gasteiger partial charge in [0, 0.05) is 21.4 Å². The summed E-state index contributed by atoms with van der Waals surface area (Å²) >= 11 is 7.04. The molecule has 0 saturated carbocycles. The molecule has 0 aliphatic heterocycles. The Morgan fingerprint density at radius 3 is 2.79 bits per heavy atom. The number of hydrogen-bond acceptors (Lipinski definition) is 3. The lowest BCUT2D eigenvalue weighted by molar-refractivity contribution is 0.424. The van der Waals surface area contributed by atoms with Crippen LogP contribution in [0.15, 0.2) is 37.8 Å². The van der Waals surface area contributed by atoms with E-state index in [2.05, 4.69) is 62.1 Å². The molecule has 1 N–H and O–H groups in total. The smallest absolute Gasteiger partial charge is 0.208 e. The highest BCUT2D eigenvalue weighted by Gasteiger charge is 2.10. The molecule has 0 saturated heterocycles. The van der Waals surface area contributed by atoms with Gasteiger partial charge in [-0.2, -0.15) is 0 Å². The molecule has 1 atom stereocenters. The van der Waals surface area contributed by atoms with Crippen molar-refractivity contribution in [2.24, 2.45) is 0 Å². The van der Waals surface area contributed by atoms with Crippen LogP contribution < -0.4 is 5.32 Å². The number of benzene rings is 1. The summed E-state index contributed by atoms with van der Waals surface area (Å²) in [6, 6.07) is 6.41. The van der Waals surface area contributed by atoms with Crippen LogP contribution in [0.25, 0.3) is 0 Å². The third-order valence-corrected chi connectivity index (χ3v) is 4.12. The Morgan fingerprint density at radius 2 is 2.16 bits per heavy atom. The number of nitrogens with one attached hydrogen (secondary N) is 1. The summed E-state index contributed by atoms with van der Waals surface area (Å²) in [4.78, 5) is 4.24. The molecule has 0 radical (unpaired) electrons. The minimum atomic E-state index is 0.222. The van der Waals surface area contributed by atoms with Gasteiger partial charge in [-0.15, -0.1) is 0 Å². The zero-order chi connectivity index (χ0) is 13.8. The molecule has 1 aromatic carbocycles. The van der Waals surface area contributed by atoms with Crippen LogP contribution in [-0.4, -0.2) is 4.98 Å². The zero-order valence-electron chi connectivity index (χ0n) is 10.9. The van der Waals surface area contributed by atoms with E-state index in [9.17, 15) is 0 Å². The highest BCUT2D eigenvalue weighted by Crippen LogP contribution is 2.26. The summed E-state index contributed by atoms with van der Waals surface area (Å²) in [7, 11) is 0. The van der Waals surface area contributed by atoms with Crippen molar-refractivity contribution >= 4 is 31.9 Å². The summed E-state index contributed by atoms with van der Waals surface area (Å²) in [5, 5.41) is 3.41. The van der Waals surface area contributed by atoms with E-state index in [1.807, 2.05) is 12.1 Å². The van der Waals surface area contributed by atoms with Gasteiger partial charge in [0.1, 0.15) is 5.76 Å². The highest BCUT2D eigenvalue weighted by molar-refractivity contribution is 9.11. The van der Waals surface area contributed by atoms with Crippen LogP contribution in [0, 0.1) is 0 Å². The topological polar surface area (TPSA) is 38.1 Å². The number of aryl methyl sites for hydroxylation is 1. The predicted molar refractivity (Wildman–Crippen MR) is 83.0 cm³/mol. The fourth-order valence-electron chi connectivity index (χ4n) is 1.80. The van der Waals surface area contributed by atoms with Crippen LogP contribution in [0.5, 0.6) is 0 Å². The van der Waals surface area contributed by atoms with E-state index in [0.29, 0.717) is 6.54 Å². The first-order valence-corrected chi connectivity index (χ1v) is 7.80. The van der Waals surface area contributed by atoms with Gasteiger partial charge in [-0.25, -0.2) is 4.98 Å². The average molecular weight is 388 g/mol. The van der Waals surface area contributed by atoms with Crippen molar-refractivity contribution in [1.29, 1.82) is 0 Å². The molecule has 2 aromatic rings. The minimum absolute atomic E-state index is 0.222. The molecule has 1 heterocycles. The Labute approximate surface area is 130 Å². The Hall–Kier alpha value is -0.650. The van der Waals surface area contributed by atoms with E-state index in [4.69, 9.17) is 4.42 Å². The van der Waals surface area contributed by atoms with Crippen molar-refractivity contribution < 1.29 is 4.42 Å². The minimum Gasteiger partial charge on any atom is -0.444 e. The SMILES string of the molecule is CCc1cnc(CNC(C)c2ccc(Br)cc2Br)o1. The van der Waals surface area contributed by atoms with Gasteiger partial charge < -0.3 is 9.73 Å².